The molecule has 1 aliphatic rings. The van der Waals surface area contributed by atoms with E-state index < -0.39 is 0 Å². The molecule has 1 aliphatic carbocycles. The van der Waals surface area contributed by atoms with Gasteiger partial charge in [0, 0.05) is 17.8 Å². The number of rotatable bonds is 5. The summed E-state index contributed by atoms with van der Waals surface area (Å²) in [6.07, 6.45) is 2.60. The van der Waals surface area contributed by atoms with Crippen LogP contribution in [0.5, 0.6) is 11.5 Å². The van der Waals surface area contributed by atoms with Gasteiger partial charge in [0.25, 0.3) is 5.91 Å². The fraction of sp³-hybridized carbons (Fsp3) is 0.238. The van der Waals surface area contributed by atoms with Gasteiger partial charge in [-0.1, -0.05) is 6.07 Å². The maximum absolute atomic E-state index is 13.2. The highest BCUT2D eigenvalue weighted by atomic mass is 19.1. The predicted octanol–water partition coefficient (Wildman–Crippen LogP) is 3.14. The number of benzene rings is 2. The SMILES string of the molecule is COc1cc(CNC(=O)c2nn(-c3ccc(F)cc3)c3c2CCC3)ccc1O. The van der Waals surface area contributed by atoms with Gasteiger partial charge < -0.3 is 15.2 Å². The number of carbonyl (C=O) groups excluding carboxylic acids is 1. The molecule has 0 unspecified atom stereocenters. The summed E-state index contributed by atoms with van der Waals surface area (Å²) in [5.41, 5.74) is 3.90. The largest absolute Gasteiger partial charge is 0.504 e. The molecule has 0 bridgehead atoms. The number of nitrogens with one attached hydrogen (secondary N) is 1. The highest BCUT2D eigenvalue weighted by Crippen LogP contribution is 2.28. The van der Waals surface area contributed by atoms with Crippen LogP contribution < -0.4 is 10.1 Å². The van der Waals surface area contributed by atoms with E-state index in [2.05, 4.69) is 10.4 Å². The number of phenols is 1. The predicted molar refractivity (Wildman–Crippen MR) is 101 cm³/mol. The van der Waals surface area contributed by atoms with Crippen molar-refractivity contribution in [1.82, 2.24) is 15.1 Å². The Morgan fingerprint density at radius 2 is 2.04 bits per heavy atom. The number of carbonyl (C=O) groups is 1. The van der Waals surface area contributed by atoms with E-state index in [9.17, 15) is 14.3 Å². The molecule has 0 saturated carbocycles. The normalized spacial score (nSPS) is 12.6. The van der Waals surface area contributed by atoms with Crippen molar-refractivity contribution in [3.8, 4) is 17.2 Å². The number of methoxy groups -OCH3 is 1. The molecule has 2 N–H and O–H groups in total. The first kappa shape index (κ1) is 18.0. The van der Waals surface area contributed by atoms with Gasteiger partial charge in [0.15, 0.2) is 17.2 Å². The highest BCUT2D eigenvalue weighted by molar-refractivity contribution is 5.94. The van der Waals surface area contributed by atoms with Crippen LogP contribution in [0.1, 0.15) is 33.7 Å². The van der Waals surface area contributed by atoms with Crippen LogP contribution in [0, 0.1) is 5.82 Å². The van der Waals surface area contributed by atoms with Gasteiger partial charge in [-0.15, -0.1) is 0 Å². The van der Waals surface area contributed by atoms with E-state index >= 15 is 0 Å². The van der Waals surface area contributed by atoms with Gasteiger partial charge in [-0.2, -0.15) is 5.10 Å². The molecule has 1 amide bonds. The van der Waals surface area contributed by atoms with Crippen LogP contribution in [0.15, 0.2) is 42.5 Å². The van der Waals surface area contributed by atoms with E-state index in [0.29, 0.717) is 11.4 Å². The first-order chi connectivity index (χ1) is 13.6. The summed E-state index contributed by atoms with van der Waals surface area (Å²) in [6, 6.07) is 11.0. The van der Waals surface area contributed by atoms with Crippen LogP contribution in [0.2, 0.25) is 0 Å². The summed E-state index contributed by atoms with van der Waals surface area (Å²) in [5, 5.41) is 17.1. The number of aromatic hydroxyl groups is 1. The van der Waals surface area contributed by atoms with Crippen molar-refractivity contribution < 1.29 is 19.0 Å². The Labute approximate surface area is 161 Å². The summed E-state index contributed by atoms with van der Waals surface area (Å²) in [5.74, 6) is -0.164. The Bertz CT molecular complexity index is 1030. The number of ether oxygens (including phenoxy) is 1. The third-order valence-corrected chi connectivity index (χ3v) is 4.91. The molecule has 6 nitrogen and oxygen atoms in total. The van der Waals surface area contributed by atoms with Gasteiger partial charge in [-0.3, -0.25) is 4.79 Å². The van der Waals surface area contributed by atoms with Crippen molar-refractivity contribution in [2.45, 2.75) is 25.8 Å². The number of amides is 1. The monoisotopic (exact) mass is 381 g/mol. The Hall–Kier alpha value is -3.35. The van der Waals surface area contributed by atoms with Crippen molar-refractivity contribution in [3.63, 3.8) is 0 Å². The van der Waals surface area contributed by atoms with Crippen molar-refractivity contribution in [3.05, 3.63) is 70.8 Å². The number of halogens is 1. The van der Waals surface area contributed by atoms with Crippen molar-refractivity contribution in [2.24, 2.45) is 0 Å². The third-order valence-electron chi connectivity index (χ3n) is 4.91. The summed E-state index contributed by atoms with van der Waals surface area (Å²) in [6.45, 7) is 0.285. The lowest BCUT2D eigenvalue weighted by Crippen LogP contribution is -2.24. The average molecular weight is 381 g/mol. The Kier molecular flexibility index (Phi) is 4.73. The third kappa shape index (κ3) is 3.31. The molecule has 1 heterocycles. The molecule has 0 radical (unpaired) electrons. The number of hydrogen-bond donors (Lipinski definition) is 2. The lowest BCUT2D eigenvalue weighted by Gasteiger charge is -2.08. The molecule has 3 aromatic rings. The van der Waals surface area contributed by atoms with E-state index in [1.807, 2.05) is 0 Å². The second kappa shape index (κ2) is 7.34. The van der Waals surface area contributed by atoms with E-state index in [1.165, 1.54) is 25.3 Å². The first-order valence-electron chi connectivity index (χ1n) is 9.07. The quantitative estimate of drug-likeness (QED) is 0.712. The first-order valence-corrected chi connectivity index (χ1v) is 9.07. The van der Waals surface area contributed by atoms with Crippen LogP contribution in [-0.2, 0) is 19.4 Å². The number of hydrogen-bond acceptors (Lipinski definition) is 4. The zero-order chi connectivity index (χ0) is 19.7. The standard InChI is InChI=1S/C21H20FN3O3/c1-28-19-11-13(5-10-18(19)26)12-23-21(27)20-16-3-2-4-17(16)25(24-20)15-8-6-14(22)7-9-15/h5-11,26H,2-4,12H2,1H3,(H,23,27). The second-order valence-corrected chi connectivity index (χ2v) is 6.70. The minimum absolute atomic E-state index is 0.0495. The molecule has 0 saturated heterocycles. The molecule has 0 fully saturated rings. The number of nitrogens with zero attached hydrogens (tertiary/aromatic N) is 2. The zero-order valence-electron chi connectivity index (χ0n) is 15.4. The number of aromatic nitrogens is 2. The van der Waals surface area contributed by atoms with Crippen LogP contribution in [-0.4, -0.2) is 27.9 Å². The molecule has 2 aromatic carbocycles. The van der Waals surface area contributed by atoms with Gasteiger partial charge >= 0.3 is 0 Å². The summed E-state index contributed by atoms with van der Waals surface area (Å²) in [4.78, 5) is 12.8. The van der Waals surface area contributed by atoms with Gasteiger partial charge in [-0.05, 0) is 61.2 Å². The molecule has 7 heteroatoms. The van der Waals surface area contributed by atoms with Gasteiger partial charge in [0.1, 0.15) is 5.82 Å². The van der Waals surface area contributed by atoms with Crippen molar-refractivity contribution in [1.29, 1.82) is 0 Å². The number of phenolic OH excluding ortho intramolecular Hbond substituents is 1. The minimum atomic E-state index is -0.310. The maximum atomic E-state index is 13.2. The molecule has 4 rings (SSSR count). The lowest BCUT2D eigenvalue weighted by molar-refractivity contribution is 0.0944. The molecule has 144 valence electrons. The molecule has 28 heavy (non-hydrogen) atoms. The average Bonchev–Trinajstić information content (AvgIpc) is 3.30. The Morgan fingerprint density at radius 3 is 2.79 bits per heavy atom. The number of fused-ring (bicyclic) bond motifs is 1. The molecule has 1 aromatic heterocycles. The molecular weight excluding hydrogens is 361 g/mol. The van der Waals surface area contributed by atoms with Crippen LogP contribution in [0.3, 0.4) is 0 Å². The summed E-state index contributed by atoms with van der Waals surface area (Å²) in [7, 11) is 1.48. The summed E-state index contributed by atoms with van der Waals surface area (Å²) >= 11 is 0. The van der Waals surface area contributed by atoms with Crippen LogP contribution in [0.25, 0.3) is 5.69 Å². The molecule has 0 spiro atoms. The van der Waals surface area contributed by atoms with E-state index in [0.717, 1.165) is 41.8 Å². The van der Waals surface area contributed by atoms with Crippen LogP contribution in [0.4, 0.5) is 4.39 Å². The van der Waals surface area contributed by atoms with Crippen LogP contribution >= 0.6 is 0 Å². The Balaban J connectivity index is 1.56. The van der Waals surface area contributed by atoms with Gasteiger partial charge in [0.05, 0.1) is 12.8 Å². The van der Waals surface area contributed by atoms with E-state index in [4.69, 9.17) is 4.74 Å². The lowest BCUT2D eigenvalue weighted by atomic mass is 10.1. The van der Waals surface area contributed by atoms with Crippen molar-refractivity contribution >= 4 is 5.91 Å². The van der Waals surface area contributed by atoms with Gasteiger partial charge in [-0.25, -0.2) is 9.07 Å². The molecule has 0 atom stereocenters. The second-order valence-electron chi connectivity index (χ2n) is 6.70. The fourth-order valence-corrected chi connectivity index (χ4v) is 3.51. The van der Waals surface area contributed by atoms with Gasteiger partial charge in [0.2, 0.25) is 0 Å². The van der Waals surface area contributed by atoms with E-state index in [1.54, 1.807) is 28.9 Å². The fourth-order valence-electron chi connectivity index (χ4n) is 3.51. The maximum Gasteiger partial charge on any atom is 0.272 e. The highest BCUT2D eigenvalue weighted by Gasteiger charge is 2.26. The zero-order valence-corrected chi connectivity index (χ0v) is 15.4. The Morgan fingerprint density at radius 1 is 1.25 bits per heavy atom. The molecule has 0 aliphatic heterocycles. The van der Waals surface area contributed by atoms with Crippen molar-refractivity contribution in [2.75, 3.05) is 7.11 Å². The molecular formula is C21H20FN3O3. The smallest absolute Gasteiger partial charge is 0.272 e. The topological polar surface area (TPSA) is 76.4 Å². The van der Waals surface area contributed by atoms with E-state index in [-0.39, 0.29) is 24.0 Å². The minimum Gasteiger partial charge on any atom is -0.504 e. The summed E-state index contributed by atoms with van der Waals surface area (Å²) < 4.78 is 20.1.